The maximum Gasteiger partial charge on any atom is 0.274 e. The fraction of sp³-hybridized carbons (Fsp3) is 0.190. The summed E-state index contributed by atoms with van der Waals surface area (Å²) in [6.45, 7) is 3.93. The molecule has 144 valence electrons. The van der Waals surface area contributed by atoms with E-state index in [-0.39, 0.29) is 17.5 Å². The average molecular weight is 397 g/mol. The Morgan fingerprint density at radius 1 is 1.18 bits per heavy atom. The molecule has 1 heterocycles. The highest BCUT2D eigenvalue weighted by atomic mass is 35.5. The summed E-state index contributed by atoms with van der Waals surface area (Å²) < 4.78 is 5.35. The van der Waals surface area contributed by atoms with E-state index >= 15 is 0 Å². The molecule has 3 rings (SSSR count). The third-order valence-corrected chi connectivity index (χ3v) is 4.67. The highest BCUT2D eigenvalue weighted by molar-refractivity contribution is 6.31. The van der Waals surface area contributed by atoms with Crippen LogP contribution in [-0.2, 0) is 6.42 Å². The van der Waals surface area contributed by atoms with Crippen molar-refractivity contribution in [2.24, 2.45) is 0 Å². The molecule has 0 aliphatic rings. The zero-order valence-electron chi connectivity index (χ0n) is 15.9. The Balaban J connectivity index is 1.83. The molecule has 0 aliphatic heterocycles. The maximum absolute atomic E-state index is 12.6. The molecule has 0 saturated carbocycles. The first kappa shape index (κ1) is 19.6. The van der Waals surface area contributed by atoms with E-state index in [0.717, 1.165) is 23.2 Å². The van der Waals surface area contributed by atoms with Crippen LogP contribution in [0.4, 0.5) is 17.3 Å². The monoisotopic (exact) mass is 396 g/mol. The van der Waals surface area contributed by atoms with Gasteiger partial charge in [-0.05, 0) is 42.7 Å². The molecule has 0 radical (unpaired) electrons. The van der Waals surface area contributed by atoms with Gasteiger partial charge >= 0.3 is 0 Å². The van der Waals surface area contributed by atoms with Gasteiger partial charge in [-0.3, -0.25) is 4.79 Å². The number of ether oxygens (including phenoxy) is 1. The van der Waals surface area contributed by atoms with E-state index in [2.05, 4.69) is 20.6 Å². The van der Waals surface area contributed by atoms with Crippen molar-refractivity contribution in [3.05, 3.63) is 70.5 Å². The van der Waals surface area contributed by atoms with Crippen molar-refractivity contribution < 1.29 is 9.53 Å². The summed E-state index contributed by atoms with van der Waals surface area (Å²) >= 11 is 6.14. The number of carbonyl (C=O) groups excluding carboxylic acids is 1. The van der Waals surface area contributed by atoms with Gasteiger partial charge in [0, 0.05) is 23.0 Å². The lowest BCUT2D eigenvalue weighted by atomic mass is 10.1. The van der Waals surface area contributed by atoms with Gasteiger partial charge < -0.3 is 15.4 Å². The second-order valence-electron chi connectivity index (χ2n) is 6.16. The quantitative estimate of drug-likeness (QED) is 0.612. The third-order valence-electron chi connectivity index (χ3n) is 4.26. The number of para-hydroxylation sites is 1. The number of rotatable bonds is 6. The summed E-state index contributed by atoms with van der Waals surface area (Å²) in [5, 5.41) is 6.60. The summed E-state index contributed by atoms with van der Waals surface area (Å²) in [7, 11) is 1.56. The van der Waals surface area contributed by atoms with E-state index in [0.29, 0.717) is 16.5 Å². The van der Waals surface area contributed by atoms with Crippen molar-refractivity contribution in [3.8, 4) is 5.75 Å². The standard InChI is InChI=1S/C21H21ClN4O2/c1-4-14-7-5-6-8-16(14)24-20(27)17-9-10-23-21(25-17)26-18-11-13(2)15(22)12-19(18)28-3/h5-12H,4H2,1-3H3,(H,24,27)(H,23,25,26). The van der Waals surface area contributed by atoms with Gasteiger partial charge in [-0.15, -0.1) is 0 Å². The molecule has 1 amide bonds. The van der Waals surface area contributed by atoms with Crippen LogP contribution in [0.25, 0.3) is 0 Å². The molecule has 2 aromatic carbocycles. The number of aryl methyl sites for hydroxylation is 2. The number of anilines is 3. The van der Waals surface area contributed by atoms with Crippen molar-refractivity contribution in [1.82, 2.24) is 9.97 Å². The molecular weight excluding hydrogens is 376 g/mol. The van der Waals surface area contributed by atoms with Crippen molar-refractivity contribution in [1.29, 1.82) is 0 Å². The van der Waals surface area contributed by atoms with Crippen LogP contribution in [-0.4, -0.2) is 23.0 Å². The summed E-state index contributed by atoms with van der Waals surface area (Å²) in [5.74, 6) is 0.549. The minimum absolute atomic E-state index is 0.257. The van der Waals surface area contributed by atoms with Gasteiger partial charge in [0.2, 0.25) is 5.95 Å². The van der Waals surface area contributed by atoms with Gasteiger partial charge in [0.25, 0.3) is 5.91 Å². The summed E-state index contributed by atoms with van der Waals surface area (Å²) in [6, 6.07) is 12.8. The van der Waals surface area contributed by atoms with Gasteiger partial charge in [-0.1, -0.05) is 36.7 Å². The molecule has 0 fully saturated rings. The van der Waals surface area contributed by atoms with E-state index in [9.17, 15) is 4.79 Å². The molecule has 7 heteroatoms. The fourth-order valence-electron chi connectivity index (χ4n) is 2.73. The number of hydrogen-bond donors (Lipinski definition) is 2. The zero-order chi connectivity index (χ0) is 20.1. The molecule has 0 saturated heterocycles. The molecule has 28 heavy (non-hydrogen) atoms. The highest BCUT2D eigenvalue weighted by Gasteiger charge is 2.13. The lowest BCUT2D eigenvalue weighted by Gasteiger charge is -2.13. The third kappa shape index (κ3) is 4.40. The Kier molecular flexibility index (Phi) is 6.11. The number of nitrogens with zero attached hydrogens (tertiary/aromatic N) is 2. The first-order chi connectivity index (χ1) is 13.5. The van der Waals surface area contributed by atoms with Crippen molar-refractivity contribution in [2.45, 2.75) is 20.3 Å². The van der Waals surface area contributed by atoms with E-state index < -0.39 is 0 Å². The second-order valence-corrected chi connectivity index (χ2v) is 6.56. The molecule has 6 nitrogen and oxygen atoms in total. The Hall–Kier alpha value is -3.12. The minimum Gasteiger partial charge on any atom is -0.495 e. The topological polar surface area (TPSA) is 76.1 Å². The van der Waals surface area contributed by atoms with E-state index in [1.54, 1.807) is 19.2 Å². The minimum atomic E-state index is -0.300. The normalized spacial score (nSPS) is 10.4. The molecule has 3 aromatic rings. The number of amides is 1. The van der Waals surface area contributed by atoms with Crippen molar-refractivity contribution >= 4 is 34.8 Å². The van der Waals surface area contributed by atoms with Crippen LogP contribution >= 0.6 is 11.6 Å². The molecule has 2 N–H and O–H groups in total. The Labute approximate surface area is 168 Å². The number of nitrogens with one attached hydrogen (secondary N) is 2. The predicted molar refractivity (Wildman–Crippen MR) is 112 cm³/mol. The molecule has 1 aromatic heterocycles. The largest absolute Gasteiger partial charge is 0.495 e. The SMILES string of the molecule is CCc1ccccc1NC(=O)c1ccnc(Nc2cc(C)c(Cl)cc2OC)n1. The number of benzene rings is 2. The molecule has 0 unspecified atom stereocenters. The lowest BCUT2D eigenvalue weighted by molar-refractivity contribution is 0.102. The van der Waals surface area contributed by atoms with Crippen LogP contribution in [0.5, 0.6) is 5.75 Å². The summed E-state index contributed by atoms with van der Waals surface area (Å²) in [5.41, 5.74) is 3.64. The number of carbonyl (C=O) groups is 1. The maximum atomic E-state index is 12.6. The van der Waals surface area contributed by atoms with Crippen molar-refractivity contribution in [2.75, 3.05) is 17.7 Å². The Morgan fingerprint density at radius 2 is 1.96 bits per heavy atom. The zero-order valence-corrected chi connectivity index (χ0v) is 16.7. The Morgan fingerprint density at radius 3 is 2.71 bits per heavy atom. The van der Waals surface area contributed by atoms with Gasteiger partial charge in [-0.25, -0.2) is 9.97 Å². The predicted octanol–water partition coefficient (Wildman–Crippen LogP) is 5.01. The first-order valence-corrected chi connectivity index (χ1v) is 9.23. The van der Waals surface area contributed by atoms with Gasteiger partial charge in [0.15, 0.2) is 0 Å². The smallest absolute Gasteiger partial charge is 0.274 e. The van der Waals surface area contributed by atoms with E-state index in [1.165, 1.54) is 6.20 Å². The van der Waals surface area contributed by atoms with Crippen LogP contribution in [0, 0.1) is 6.92 Å². The van der Waals surface area contributed by atoms with Gasteiger partial charge in [-0.2, -0.15) is 0 Å². The average Bonchev–Trinajstić information content (AvgIpc) is 2.71. The molecule has 0 bridgehead atoms. The van der Waals surface area contributed by atoms with E-state index in [1.807, 2.05) is 44.2 Å². The molecular formula is C21H21ClN4O2. The van der Waals surface area contributed by atoms with Crippen LogP contribution in [0.1, 0.15) is 28.5 Å². The summed E-state index contributed by atoms with van der Waals surface area (Å²) in [4.78, 5) is 21.2. The number of halogens is 1. The molecule has 0 spiro atoms. The van der Waals surface area contributed by atoms with Crippen LogP contribution < -0.4 is 15.4 Å². The highest BCUT2D eigenvalue weighted by Crippen LogP contribution is 2.32. The molecule has 0 atom stereocenters. The number of hydrogen-bond acceptors (Lipinski definition) is 5. The van der Waals surface area contributed by atoms with Crippen molar-refractivity contribution in [3.63, 3.8) is 0 Å². The van der Waals surface area contributed by atoms with Crippen LogP contribution in [0.2, 0.25) is 5.02 Å². The van der Waals surface area contributed by atoms with Crippen LogP contribution in [0.15, 0.2) is 48.7 Å². The Bertz CT molecular complexity index is 1010. The number of methoxy groups -OCH3 is 1. The molecule has 0 aliphatic carbocycles. The number of aromatic nitrogens is 2. The van der Waals surface area contributed by atoms with Crippen LogP contribution in [0.3, 0.4) is 0 Å². The first-order valence-electron chi connectivity index (χ1n) is 8.85. The van der Waals surface area contributed by atoms with E-state index in [4.69, 9.17) is 16.3 Å². The fourth-order valence-corrected chi connectivity index (χ4v) is 2.89. The second kappa shape index (κ2) is 8.71. The summed E-state index contributed by atoms with van der Waals surface area (Å²) in [6.07, 6.45) is 2.36. The van der Waals surface area contributed by atoms with Gasteiger partial charge in [0.05, 0.1) is 12.8 Å². The lowest BCUT2D eigenvalue weighted by Crippen LogP contribution is -2.15. The van der Waals surface area contributed by atoms with Gasteiger partial charge in [0.1, 0.15) is 11.4 Å².